The molecule has 0 aliphatic carbocycles. The monoisotopic (exact) mass is 374 g/mol. The van der Waals surface area contributed by atoms with Crippen molar-refractivity contribution in [1.29, 1.82) is 0 Å². The molecule has 1 N–H and O–H groups in total. The van der Waals surface area contributed by atoms with E-state index in [0.29, 0.717) is 12.2 Å². The Bertz CT molecular complexity index is 699. The fourth-order valence-electron chi connectivity index (χ4n) is 2.08. The number of aromatic hydroxyl groups is 1. The van der Waals surface area contributed by atoms with Gasteiger partial charge in [0.15, 0.2) is 0 Å². The maximum absolute atomic E-state index is 11.2. The number of alkyl halides is 3. The van der Waals surface area contributed by atoms with Crippen molar-refractivity contribution in [3.63, 3.8) is 0 Å². The molecule has 0 saturated heterocycles. The highest BCUT2D eigenvalue weighted by Crippen LogP contribution is 2.22. The lowest BCUT2D eigenvalue weighted by Crippen LogP contribution is -2.05. The third-order valence-corrected chi connectivity index (χ3v) is 3.43. The van der Waals surface area contributed by atoms with Gasteiger partial charge in [-0.3, -0.25) is 0 Å². The number of unbranched alkanes of at least 4 members (excludes halogenated alkanes) is 1. The van der Waals surface area contributed by atoms with Crippen LogP contribution in [0, 0.1) is 0 Å². The number of halogens is 3. The molecule has 0 amide bonds. The highest BCUT2D eigenvalue weighted by Gasteiger charge is 2.25. The van der Waals surface area contributed by atoms with Crippen LogP contribution in [0.1, 0.15) is 26.2 Å². The van der Waals surface area contributed by atoms with Crippen LogP contribution in [0.25, 0.3) is 11.1 Å². The van der Waals surface area contributed by atoms with E-state index in [-0.39, 0.29) is 6.42 Å². The molecule has 3 aromatic rings. The first-order valence-electron chi connectivity index (χ1n) is 8.83. The van der Waals surface area contributed by atoms with Gasteiger partial charge in [0, 0.05) is 6.42 Å². The molecule has 3 aromatic carbocycles. The standard InChI is InChI=1S/C12H10O.C6H6.C5H9F3/c13-12-8-4-7-11(9-12)10-5-2-1-3-6-10;1-2-4-6-5-3-1;1-2-3-4-5(6,7)8/h1-9,13H;1-6H;2-4H2,1H3. The Morgan fingerprint density at radius 3 is 1.59 bits per heavy atom. The Labute approximate surface area is 159 Å². The Hall–Kier alpha value is -2.75. The molecule has 0 bridgehead atoms. The van der Waals surface area contributed by atoms with Crippen LogP contribution in [-0.4, -0.2) is 11.3 Å². The number of benzene rings is 3. The van der Waals surface area contributed by atoms with E-state index in [1.54, 1.807) is 19.1 Å². The predicted octanol–water partition coefficient (Wildman–Crippen LogP) is 7.48. The predicted molar refractivity (Wildman–Crippen MR) is 106 cm³/mol. The summed E-state index contributed by atoms with van der Waals surface area (Å²) in [6.07, 6.45) is -3.72. The Morgan fingerprint density at radius 2 is 1.19 bits per heavy atom. The molecule has 0 atom stereocenters. The number of phenolic OH excluding ortho intramolecular Hbond substituents is 1. The van der Waals surface area contributed by atoms with E-state index in [0.717, 1.165) is 11.1 Å². The van der Waals surface area contributed by atoms with Crippen LogP contribution in [-0.2, 0) is 0 Å². The van der Waals surface area contributed by atoms with Crippen molar-refractivity contribution in [2.45, 2.75) is 32.4 Å². The van der Waals surface area contributed by atoms with E-state index in [4.69, 9.17) is 0 Å². The lowest BCUT2D eigenvalue weighted by Gasteiger charge is -2.02. The second-order valence-electron chi connectivity index (χ2n) is 5.79. The minimum Gasteiger partial charge on any atom is -0.508 e. The number of phenols is 1. The highest BCUT2D eigenvalue weighted by molar-refractivity contribution is 5.64. The van der Waals surface area contributed by atoms with Crippen LogP contribution in [0.5, 0.6) is 5.75 Å². The second-order valence-corrected chi connectivity index (χ2v) is 5.79. The van der Waals surface area contributed by atoms with Gasteiger partial charge in [0.2, 0.25) is 0 Å². The summed E-state index contributed by atoms with van der Waals surface area (Å²) < 4.78 is 33.7. The summed E-state index contributed by atoms with van der Waals surface area (Å²) in [7, 11) is 0. The van der Waals surface area contributed by atoms with Gasteiger partial charge >= 0.3 is 6.18 Å². The molecule has 0 saturated carbocycles. The zero-order chi connectivity index (χ0) is 20.0. The third kappa shape index (κ3) is 11.5. The van der Waals surface area contributed by atoms with Gasteiger partial charge < -0.3 is 5.11 Å². The lowest BCUT2D eigenvalue weighted by atomic mass is 10.1. The summed E-state index contributed by atoms with van der Waals surface area (Å²) in [6.45, 7) is 1.74. The van der Waals surface area contributed by atoms with Gasteiger partial charge in [-0.25, -0.2) is 0 Å². The summed E-state index contributed by atoms with van der Waals surface area (Å²) in [5.41, 5.74) is 2.17. The van der Waals surface area contributed by atoms with Crippen molar-refractivity contribution in [1.82, 2.24) is 0 Å². The summed E-state index contributed by atoms with van der Waals surface area (Å²) in [5, 5.41) is 9.27. The topological polar surface area (TPSA) is 20.2 Å². The highest BCUT2D eigenvalue weighted by atomic mass is 19.4. The fourth-order valence-corrected chi connectivity index (χ4v) is 2.08. The molecular weight excluding hydrogens is 349 g/mol. The maximum atomic E-state index is 11.2. The smallest absolute Gasteiger partial charge is 0.389 e. The van der Waals surface area contributed by atoms with E-state index < -0.39 is 12.6 Å². The summed E-state index contributed by atoms with van der Waals surface area (Å²) in [4.78, 5) is 0. The zero-order valence-electron chi connectivity index (χ0n) is 15.4. The lowest BCUT2D eigenvalue weighted by molar-refractivity contribution is -0.135. The van der Waals surface area contributed by atoms with E-state index in [1.807, 2.05) is 78.9 Å². The molecule has 0 fully saturated rings. The third-order valence-electron chi connectivity index (χ3n) is 3.43. The van der Waals surface area contributed by atoms with Crippen molar-refractivity contribution in [3.8, 4) is 16.9 Å². The zero-order valence-corrected chi connectivity index (χ0v) is 15.4. The molecule has 27 heavy (non-hydrogen) atoms. The summed E-state index contributed by atoms with van der Waals surface area (Å²) in [5.74, 6) is 0.307. The average molecular weight is 374 g/mol. The molecule has 0 spiro atoms. The normalized spacial score (nSPS) is 10.1. The van der Waals surface area contributed by atoms with Gasteiger partial charge in [0.1, 0.15) is 5.75 Å². The van der Waals surface area contributed by atoms with E-state index in [1.165, 1.54) is 0 Å². The molecule has 144 valence electrons. The van der Waals surface area contributed by atoms with E-state index in [2.05, 4.69) is 0 Å². The van der Waals surface area contributed by atoms with Gasteiger partial charge in [0.05, 0.1) is 0 Å². The van der Waals surface area contributed by atoms with Crippen molar-refractivity contribution < 1.29 is 18.3 Å². The van der Waals surface area contributed by atoms with E-state index in [9.17, 15) is 18.3 Å². The quantitative estimate of drug-likeness (QED) is 0.504. The molecule has 3 rings (SSSR count). The molecule has 0 aliphatic rings. The van der Waals surface area contributed by atoms with Gasteiger partial charge in [-0.2, -0.15) is 13.2 Å². The molecule has 1 nitrogen and oxygen atoms in total. The largest absolute Gasteiger partial charge is 0.508 e. The first kappa shape index (κ1) is 22.3. The molecule has 0 aromatic heterocycles. The molecule has 0 heterocycles. The minimum absolute atomic E-state index is 0.253. The van der Waals surface area contributed by atoms with Crippen LogP contribution in [0.2, 0.25) is 0 Å². The van der Waals surface area contributed by atoms with Gasteiger partial charge in [0.25, 0.3) is 0 Å². The first-order chi connectivity index (χ1) is 12.9. The summed E-state index contributed by atoms with van der Waals surface area (Å²) >= 11 is 0. The van der Waals surface area contributed by atoms with Gasteiger partial charge in [-0.05, 0) is 29.7 Å². The van der Waals surface area contributed by atoms with Crippen LogP contribution >= 0.6 is 0 Å². The van der Waals surface area contributed by atoms with Crippen molar-refractivity contribution >= 4 is 0 Å². The first-order valence-corrected chi connectivity index (χ1v) is 8.83. The van der Waals surface area contributed by atoms with Crippen LogP contribution in [0.15, 0.2) is 91.0 Å². The van der Waals surface area contributed by atoms with Crippen molar-refractivity contribution in [2.24, 2.45) is 0 Å². The summed E-state index contributed by atoms with van der Waals surface area (Å²) in [6, 6.07) is 29.3. The molecule has 0 unspecified atom stereocenters. The minimum atomic E-state index is -3.95. The Balaban J connectivity index is 0.000000223. The molecular formula is C23H25F3O. The van der Waals surface area contributed by atoms with Crippen molar-refractivity contribution in [2.75, 3.05) is 0 Å². The van der Waals surface area contributed by atoms with Gasteiger partial charge in [-0.1, -0.05) is 92.2 Å². The average Bonchev–Trinajstić information content (AvgIpc) is 2.69. The molecule has 4 heteroatoms. The van der Waals surface area contributed by atoms with E-state index >= 15 is 0 Å². The Kier molecular flexibility index (Phi) is 10.4. The molecule has 0 radical (unpaired) electrons. The van der Waals surface area contributed by atoms with Gasteiger partial charge in [-0.15, -0.1) is 0 Å². The Morgan fingerprint density at radius 1 is 0.704 bits per heavy atom. The van der Waals surface area contributed by atoms with Crippen LogP contribution < -0.4 is 0 Å². The number of hydrogen-bond donors (Lipinski definition) is 1. The SMILES string of the molecule is CCCCC(F)(F)F.Oc1cccc(-c2ccccc2)c1.c1ccccc1. The number of hydrogen-bond acceptors (Lipinski definition) is 1. The van der Waals surface area contributed by atoms with Crippen LogP contribution in [0.4, 0.5) is 13.2 Å². The van der Waals surface area contributed by atoms with Crippen molar-refractivity contribution in [3.05, 3.63) is 91.0 Å². The maximum Gasteiger partial charge on any atom is 0.389 e. The second kappa shape index (κ2) is 12.6. The van der Waals surface area contributed by atoms with Crippen LogP contribution in [0.3, 0.4) is 0 Å². The molecule has 0 aliphatic heterocycles. The fraction of sp³-hybridized carbons (Fsp3) is 0.217. The number of rotatable bonds is 3.